The molecule has 3 N–H and O–H groups in total. The summed E-state index contributed by atoms with van der Waals surface area (Å²) in [5, 5.41) is 4.77. The molecule has 0 unspecified atom stereocenters. The summed E-state index contributed by atoms with van der Waals surface area (Å²) in [6, 6.07) is 6.80. The maximum Gasteiger partial charge on any atom is 0.277 e. The van der Waals surface area contributed by atoms with Crippen molar-refractivity contribution < 1.29 is 18.5 Å². The van der Waals surface area contributed by atoms with Gasteiger partial charge in [0, 0.05) is 25.2 Å². The van der Waals surface area contributed by atoms with Gasteiger partial charge in [-0.3, -0.25) is 4.79 Å². The van der Waals surface area contributed by atoms with E-state index in [1.54, 1.807) is 12.1 Å². The summed E-state index contributed by atoms with van der Waals surface area (Å²) in [7, 11) is -3.43. The van der Waals surface area contributed by atoms with Crippen LogP contribution in [0.25, 0.3) is 0 Å². The SMILES string of the molecule is CCNC(=O)[C@H](C)[NH2+][C@@H](C)c1ccc(S(=O)(=O)N(CC)CC)cc1. The Morgan fingerprint density at radius 2 is 1.67 bits per heavy atom. The Hall–Kier alpha value is -1.44. The Kier molecular flexibility index (Phi) is 7.86. The van der Waals surface area contributed by atoms with Crippen LogP contribution in [0, 0.1) is 0 Å². The molecule has 0 heterocycles. The Morgan fingerprint density at radius 3 is 2.12 bits per heavy atom. The van der Waals surface area contributed by atoms with Crippen LogP contribution in [0.4, 0.5) is 0 Å². The lowest BCUT2D eigenvalue weighted by Crippen LogP contribution is -2.92. The average Bonchev–Trinajstić information content (AvgIpc) is 2.56. The number of quaternary nitrogens is 1. The number of nitrogens with two attached hydrogens (primary N) is 1. The van der Waals surface area contributed by atoms with Gasteiger partial charge in [-0.1, -0.05) is 26.0 Å². The molecule has 6 nitrogen and oxygen atoms in total. The first-order valence-electron chi connectivity index (χ1n) is 8.50. The standard InChI is InChI=1S/C17H29N3O3S/c1-6-18-17(21)14(5)19-13(4)15-9-11-16(12-10-15)24(22,23)20(7-2)8-3/h9-14,19H,6-8H2,1-5H3,(H,18,21)/p+1/t13-,14-/m0/s1. The number of rotatable bonds is 9. The second-order valence-electron chi connectivity index (χ2n) is 5.82. The lowest BCUT2D eigenvalue weighted by Gasteiger charge is -2.19. The van der Waals surface area contributed by atoms with E-state index < -0.39 is 10.0 Å². The predicted molar refractivity (Wildman–Crippen MR) is 95.0 cm³/mol. The molecular weight excluding hydrogens is 326 g/mol. The Labute approximate surface area is 145 Å². The molecule has 0 aliphatic rings. The molecule has 0 saturated carbocycles. The molecule has 2 atom stereocenters. The van der Waals surface area contributed by atoms with Gasteiger partial charge in [-0.2, -0.15) is 4.31 Å². The summed E-state index contributed by atoms with van der Waals surface area (Å²) in [5.41, 5.74) is 0.990. The summed E-state index contributed by atoms with van der Waals surface area (Å²) >= 11 is 0. The van der Waals surface area contributed by atoms with E-state index in [-0.39, 0.29) is 18.0 Å². The van der Waals surface area contributed by atoms with E-state index >= 15 is 0 Å². The maximum absolute atomic E-state index is 12.5. The molecule has 136 valence electrons. The highest BCUT2D eigenvalue weighted by atomic mass is 32.2. The van der Waals surface area contributed by atoms with E-state index in [4.69, 9.17) is 0 Å². The van der Waals surface area contributed by atoms with Crippen LogP contribution in [-0.2, 0) is 14.8 Å². The fourth-order valence-corrected chi connectivity index (χ4v) is 4.08. The number of benzene rings is 1. The van der Waals surface area contributed by atoms with Crippen LogP contribution in [0.15, 0.2) is 29.2 Å². The highest BCUT2D eigenvalue weighted by Gasteiger charge is 2.23. The fourth-order valence-electron chi connectivity index (χ4n) is 2.62. The van der Waals surface area contributed by atoms with Gasteiger partial charge in [0.1, 0.15) is 6.04 Å². The smallest absolute Gasteiger partial charge is 0.277 e. The van der Waals surface area contributed by atoms with Crippen LogP contribution in [0.5, 0.6) is 0 Å². The van der Waals surface area contributed by atoms with E-state index in [2.05, 4.69) is 5.32 Å². The van der Waals surface area contributed by atoms with Gasteiger partial charge in [0.2, 0.25) is 10.0 Å². The number of carbonyl (C=O) groups is 1. The summed E-state index contributed by atoms with van der Waals surface area (Å²) in [6.07, 6.45) is 0. The van der Waals surface area contributed by atoms with Crippen LogP contribution in [0.1, 0.15) is 46.2 Å². The third-order valence-electron chi connectivity index (χ3n) is 4.09. The largest absolute Gasteiger partial charge is 0.351 e. The Bertz CT molecular complexity index is 625. The van der Waals surface area contributed by atoms with Crippen LogP contribution < -0.4 is 10.6 Å². The zero-order valence-electron chi connectivity index (χ0n) is 15.2. The molecular formula is C17H30N3O3S+. The summed E-state index contributed by atoms with van der Waals surface area (Å²) < 4.78 is 26.4. The van der Waals surface area contributed by atoms with Crippen LogP contribution in [0.2, 0.25) is 0 Å². The predicted octanol–water partition coefficient (Wildman–Crippen LogP) is 0.866. The number of nitrogens with one attached hydrogen (secondary N) is 1. The minimum absolute atomic E-state index is 0.00470. The van der Waals surface area contributed by atoms with E-state index in [9.17, 15) is 13.2 Å². The second-order valence-corrected chi connectivity index (χ2v) is 7.76. The molecule has 0 spiro atoms. The molecule has 1 rings (SSSR count). The lowest BCUT2D eigenvalue weighted by atomic mass is 10.1. The van der Waals surface area contributed by atoms with Crippen LogP contribution in [0.3, 0.4) is 0 Å². The minimum Gasteiger partial charge on any atom is -0.351 e. The first kappa shape index (κ1) is 20.6. The number of hydrogen-bond donors (Lipinski definition) is 2. The van der Waals surface area contributed by atoms with E-state index in [1.807, 2.05) is 52.1 Å². The second kappa shape index (κ2) is 9.15. The van der Waals surface area contributed by atoms with E-state index in [0.29, 0.717) is 24.5 Å². The van der Waals surface area contributed by atoms with Crippen molar-refractivity contribution in [1.82, 2.24) is 9.62 Å². The van der Waals surface area contributed by atoms with Crippen molar-refractivity contribution in [2.75, 3.05) is 19.6 Å². The van der Waals surface area contributed by atoms with Gasteiger partial charge in [0.25, 0.3) is 5.91 Å². The van der Waals surface area contributed by atoms with Gasteiger partial charge in [-0.15, -0.1) is 0 Å². The molecule has 0 saturated heterocycles. The van der Waals surface area contributed by atoms with E-state index in [0.717, 1.165) is 5.56 Å². The molecule has 0 aromatic heterocycles. The quantitative estimate of drug-likeness (QED) is 0.689. The molecule has 0 bridgehead atoms. The zero-order chi connectivity index (χ0) is 18.3. The normalized spacial score (nSPS) is 14.4. The first-order valence-corrected chi connectivity index (χ1v) is 9.94. The first-order chi connectivity index (χ1) is 11.3. The van der Waals surface area contributed by atoms with Crippen LogP contribution >= 0.6 is 0 Å². The monoisotopic (exact) mass is 356 g/mol. The van der Waals surface area contributed by atoms with Gasteiger partial charge in [-0.25, -0.2) is 8.42 Å². The van der Waals surface area contributed by atoms with Gasteiger partial charge in [-0.05, 0) is 32.9 Å². The third kappa shape index (κ3) is 5.03. The molecule has 0 radical (unpaired) electrons. The summed E-state index contributed by atoms with van der Waals surface area (Å²) in [5.74, 6) is 0.00470. The average molecular weight is 357 g/mol. The van der Waals surface area contributed by atoms with Gasteiger partial charge in [0.05, 0.1) is 4.90 Å². The third-order valence-corrected chi connectivity index (χ3v) is 6.16. The molecule has 0 fully saturated rings. The maximum atomic E-state index is 12.5. The number of sulfonamides is 1. The van der Waals surface area contributed by atoms with Crippen molar-refractivity contribution in [1.29, 1.82) is 0 Å². The number of likely N-dealkylation sites (N-methyl/N-ethyl adjacent to an activating group) is 1. The molecule has 0 aliphatic heterocycles. The van der Waals surface area contributed by atoms with Crippen molar-refractivity contribution in [2.24, 2.45) is 0 Å². The summed E-state index contributed by atoms with van der Waals surface area (Å²) in [6.45, 7) is 10.9. The topological polar surface area (TPSA) is 83.1 Å². The van der Waals surface area contributed by atoms with Gasteiger partial charge >= 0.3 is 0 Å². The Balaban J connectivity index is 2.85. The molecule has 1 aromatic rings. The number of amides is 1. The van der Waals surface area contributed by atoms with Crippen molar-refractivity contribution in [3.05, 3.63) is 29.8 Å². The van der Waals surface area contributed by atoms with Gasteiger partial charge in [0.15, 0.2) is 6.04 Å². The van der Waals surface area contributed by atoms with Crippen molar-refractivity contribution in [3.63, 3.8) is 0 Å². The molecule has 24 heavy (non-hydrogen) atoms. The van der Waals surface area contributed by atoms with E-state index in [1.165, 1.54) is 4.31 Å². The number of hydrogen-bond acceptors (Lipinski definition) is 3. The zero-order valence-corrected chi connectivity index (χ0v) is 16.1. The highest BCUT2D eigenvalue weighted by molar-refractivity contribution is 7.89. The van der Waals surface area contributed by atoms with Crippen molar-refractivity contribution in [3.8, 4) is 0 Å². The van der Waals surface area contributed by atoms with Gasteiger partial charge < -0.3 is 10.6 Å². The highest BCUT2D eigenvalue weighted by Crippen LogP contribution is 2.18. The Morgan fingerprint density at radius 1 is 1.12 bits per heavy atom. The minimum atomic E-state index is -3.43. The molecule has 1 aromatic carbocycles. The number of nitrogens with zero attached hydrogens (tertiary/aromatic N) is 1. The molecule has 0 aliphatic carbocycles. The van der Waals surface area contributed by atoms with Crippen molar-refractivity contribution >= 4 is 15.9 Å². The number of carbonyl (C=O) groups excluding carboxylic acids is 1. The van der Waals surface area contributed by atoms with Crippen LogP contribution in [-0.4, -0.2) is 44.3 Å². The van der Waals surface area contributed by atoms with Crippen molar-refractivity contribution in [2.45, 2.75) is 51.6 Å². The summed E-state index contributed by atoms with van der Waals surface area (Å²) in [4.78, 5) is 12.1. The lowest BCUT2D eigenvalue weighted by molar-refractivity contribution is -0.710. The molecule has 7 heteroatoms. The fraction of sp³-hybridized carbons (Fsp3) is 0.588. The molecule has 1 amide bonds.